The molecule has 1 fully saturated rings. The lowest BCUT2D eigenvalue weighted by molar-refractivity contribution is -0.146. The molecule has 0 bridgehead atoms. The first-order valence-electron chi connectivity index (χ1n) is 30.2. The second kappa shape index (κ2) is 37.4. The minimum atomic E-state index is -1.77. The highest BCUT2D eigenvalue weighted by Gasteiger charge is 2.42. The van der Waals surface area contributed by atoms with Crippen LogP contribution in [0.5, 0.6) is 0 Å². The molecule has 1 aliphatic rings. The number of carbonyl (C=O) groups is 13. The lowest BCUT2D eigenvalue weighted by atomic mass is 9.99. The quantitative estimate of drug-likeness (QED) is 0.0294. The number of hydrogen-bond acceptors (Lipinski definition) is 17. The van der Waals surface area contributed by atoms with Crippen LogP contribution in [0, 0.1) is 23.7 Å². The van der Waals surface area contributed by atoms with Gasteiger partial charge in [-0.2, -0.15) is 0 Å². The van der Waals surface area contributed by atoms with Crippen LogP contribution in [0.2, 0.25) is 0 Å². The van der Waals surface area contributed by atoms with Crippen LogP contribution in [-0.4, -0.2) is 193 Å². The molecule has 2 aromatic rings. The van der Waals surface area contributed by atoms with Gasteiger partial charge in [0.1, 0.15) is 60.4 Å². The van der Waals surface area contributed by atoms with E-state index in [1.54, 1.807) is 85.7 Å². The first-order chi connectivity index (χ1) is 42.4. The number of nitrogens with two attached hydrogens (primary N) is 3. The van der Waals surface area contributed by atoms with E-state index in [1.807, 2.05) is 0 Å². The monoisotopic (exact) mass is 1270 g/mol. The summed E-state index contributed by atoms with van der Waals surface area (Å²) in [6.07, 6.45) is 1.69. The topological polar surface area (TPSA) is 501 Å². The Balaban J connectivity index is 1.89. The number of benzene rings is 1. The Bertz CT molecular complexity index is 2770. The SMILES string of the molecule is CC(C)C[C@H](NC(=O)[C@H](CC(C)C)NC(=O)[C@H](CCCCN)NC(=O)[C@H](Cc1ccccc1)NC(=O)[C@H](CC(N)=O)NC(=O)[C@@H](NC(=O)[C@@H]1CCCN1C(=O)[C@H](CC(=O)O)NC(=O)[C@@H](N)C(C)C)C(C)C)C(=O)N[C@@H](CO)C(=O)N[C@@H](Cc1cnc[nH]1)C(=O)O. The molecule has 31 nitrogen and oxygen atoms in total. The predicted molar refractivity (Wildman–Crippen MR) is 325 cm³/mol. The number of unbranched alkanes of at least 4 members (excludes halogenated alkanes) is 1. The summed E-state index contributed by atoms with van der Waals surface area (Å²) in [6, 6.07) is -7.47. The van der Waals surface area contributed by atoms with Gasteiger partial charge in [-0.25, -0.2) is 9.78 Å². The van der Waals surface area contributed by atoms with Gasteiger partial charge in [-0.15, -0.1) is 0 Å². The number of hydrogen-bond donors (Lipinski definition) is 16. The highest BCUT2D eigenvalue weighted by molar-refractivity contribution is 6.00. The molecule has 0 spiro atoms. The van der Waals surface area contributed by atoms with Crippen molar-refractivity contribution in [3.63, 3.8) is 0 Å². The van der Waals surface area contributed by atoms with Crippen molar-refractivity contribution in [2.24, 2.45) is 40.9 Å². The summed E-state index contributed by atoms with van der Waals surface area (Å²) in [5.74, 6) is -14.5. The second-order valence-electron chi connectivity index (χ2n) is 24.0. The summed E-state index contributed by atoms with van der Waals surface area (Å²) in [6.45, 7) is 12.7. The summed E-state index contributed by atoms with van der Waals surface area (Å²) in [4.78, 5) is 184. The van der Waals surface area contributed by atoms with Gasteiger partial charge in [0.05, 0.1) is 31.8 Å². The number of carbonyl (C=O) groups excluding carboxylic acids is 11. The molecular weight excluding hydrogens is 1170 g/mol. The number of aromatic nitrogens is 2. The predicted octanol–water partition coefficient (Wildman–Crippen LogP) is -3.16. The van der Waals surface area contributed by atoms with Gasteiger partial charge in [-0.3, -0.25) is 57.5 Å². The molecule has 0 saturated carbocycles. The summed E-state index contributed by atoms with van der Waals surface area (Å²) < 4.78 is 0. The molecule has 11 atom stereocenters. The third kappa shape index (κ3) is 25.1. The van der Waals surface area contributed by atoms with Crippen LogP contribution in [0.3, 0.4) is 0 Å². The number of likely N-dealkylation sites (tertiary alicyclic amines) is 1. The van der Waals surface area contributed by atoms with Gasteiger partial charge in [0.25, 0.3) is 0 Å². The minimum Gasteiger partial charge on any atom is -0.481 e. The maximum Gasteiger partial charge on any atom is 0.326 e. The smallest absolute Gasteiger partial charge is 0.326 e. The number of carboxylic acid groups (broad SMARTS) is 2. The maximum atomic E-state index is 14.6. The average molecular weight is 1270 g/mol. The molecule has 3 rings (SSSR count). The van der Waals surface area contributed by atoms with Crippen molar-refractivity contribution in [3.8, 4) is 0 Å². The summed E-state index contributed by atoms with van der Waals surface area (Å²) in [5, 5.41) is 52.3. The third-order valence-corrected chi connectivity index (χ3v) is 14.7. The Morgan fingerprint density at radius 1 is 0.600 bits per heavy atom. The Hall–Kier alpha value is -8.58. The number of primary amides is 1. The molecule has 2 heterocycles. The summed E-state index contributed by atoms with van der Waals surface area (Å²) >= 11 is 0. The van der Waals surface area contributed by atoms with Crippen LogP contribution in [0.1, 0.15) is 124 Å². The van der Waals surface area contributed by atoms with Crippen LogP contribution in [0.15, 0.2) is 42.9 Å². The van der Waals surface area contributed by atoms with Gasteiger partial charge in [0.2, 0.25) is 65.0 Å². The van der Waals surface area contributed by atoms with Crippen LogP contribution in [-0.2, 0) is 75.2 Å². The Morgan fingerprint density at radius 3 is 1.62 bits per heavy atom. The fourth-order valence-corrected chi connectivity index (χ4v) is 9.78. The zero-order valence-corrected chi connectivity index (χ0v) is 52.4. The normalized spacial score (nSPS) is 16.4. The Labute approximate surface area is 522 Å². The largest absolute Gasteiger partial charge is 0.481 e. The van der Waals surface area contributed by atoms with Crippen molar-refractivity contribution in [1.82, 2.24) is 62.7 Å². The summed E-state index contributed by atoms with van der Waals surface area (Å²) in [7, 11) is 0. The number of aromatic amines is 1. The van der Waals surface area contributed by atoms with Crippen molar-refractivity contribution in [1.29, 1.82) is 0 Å². The van der Waals surface area contributed by atoms with Gasteiger partial charge in [0.15, 0.2) is 0 Å². The number of aliphatic carboxylic acids is 2. The fourth-order valence-electron chi connectivity index (χ4n) is 9.78. The van der Waals surface area contributed by atoms with Crippen molar-refractivity contribution < 1.29 is 77.6 Å². The number of carboxylic acids is 2. The number of nitrogens with one attached hydrogen (secondary N) is 10. The average Bonchev–Trinajstić information content (AvgIpc) is 1.69. The number of nitrogens with zero attached hydrogens (tertiary/aromatic N) is 2. The Kier molecular flexibility index (Phi) is 31.5. The fraction of sp³-hybridized carbons (Fsp3) is 0.627. The third-order valence-electron chi connectivity index (χ3n) is 14.7. The molecule has 19 N–H and O–H groups in total. The maximum absolute atomic E-state index is 14.6. The molecule has 0 unspecified atom stereocenters. The molecule has 1 aromatic heterocycles. The van der Waals surface area contributed by atoms with E-state index >= 15 is 0 Å². The molecule has 11 amide bonds. The lowest BCUT2D eigenvalue weighted by Crippen LogP contribution is -2.61. The molecule has 31 heteroatoms. The number of rotatable bonds is 39. The van der Waals surface area contributed by atoms with E-state index in [4.69, 9.17) is 17.2 Å². The van der Waals surface area contributed by atoms with Gasteiger partial charge in [-0.1, -0.05) is 85.7 Å². The van der Waals surface area contributed by atoms with Gasteiger partial charge < -0.3 is 90.3 Å². The standard InChI is InChI=1S/C59H93N15O16/c1-30(2)21-37(50(80)67-38(22-31(3)4)51(81)72-43(28-75)54(84)71-42(59(89)90)24-35-27-63-29-64-35)66-49(79)36(17-12-13-19-60)65-52(82)39(23-34-15-10-9-11-16-34)68-53(83)40(25-45(61)76)69-57(87)48(33(7)8)73-55(85)44-18-14-20-74(44)58(88)41(26-46(77)78)70-56(86)47(62)32(5)6/h9-11,15-16,27,29-33,36-44,47-48,75H,12-14,17-26,28,60,62H2,1-8H3,(H2,61,76)(H,63,64)(H,65,82)(H,66,79)(H,67,80)(H,68,83)(H,69,87)(H,70,86)(H,71,84)(H,72,81)(H,73,85)(H,77,78)(H,89,90)/t36-,37-,38-,39-,40-,41-,42-,43-,44-,47-,48-/m0/s1. The summed E-state index contributed by atoms with van der Waals surface area (Å²) in [5.41, 5.74) is 18.3. The van der Waals surface area contributed by atoms with Crippen LogP contribution in [0.25, 0.3) is 0 Å². The molecular formula is C59H93N15O16. The van der Waals surface area contributed by atoms with Crippen molar-refractivity contribution in [2.45, 2.75) is 192 Å². The van der Waals surface area contributed by atoms with E-state index in [0.29, 0.717) is 24.1 Å². The van der Waals surface area contributed by atoms with Crippen LogP contribution >= 0.6 is 0 Å². The number of imidazole rings is 1. The number of H-pyrrole nitrogens is 1. The number of aliphatic hydroxyl groups excluding tert-OH is 1. The van der Waals surface area contributed by atoms with E-state index in [0.717, 1.165) is 4.90 Å². The molecule has 500 valence electrons. The van der Waals surface area contributed by atoms with E-state index in [-0.39, 0.29) is 75.8 Å². The number of amides is 11. The Morgan fingerprint density at radius 2 is 1.11 bits per heavy atom. The highest BCUT2D eigenvalue weighted by Crippen LogP contribution is 2.21. The van der Waals surface area contributed by atoms with E-state index in [1.165, 1.54) is 12.5 Å². The second-order valence-corrected chi connectivity index (χ2v) is 24.0. The zero-order valence-electron chi connectivity index (χ0n) is 52.4. The first-order valence-corrected chi connectivity index (χ1v) is 30.2. The van der Waals surface area contributed by atoms with E-state index < -0.39 is 169 Å². The molecule has 1 aliphatic heterocycles. The molecule has 1 aromatic carbocycles. The van der Waals surface area contributed by atoms with Gasteiger partial charge in [0, 0.05) is 31.3 Å². The molecule has 90 heavy (non-hydrogen) atoms. The highest BCUT2D eigenvalue weighted by atomic mass is 16.4. The first kappa shape index (κ1) is 75.7. The molecule has 0 aliphatic carbocycles. The number of aliphatic hydroxyl groups is 1. The lowest BCUT2D eigenvalue weighted by Gasteiger charge is -2.31. The minimum absolute atomic E-state index is 0.00107. The molecule has 0 radical (unpaired) electrons. The van der Waals surface area contributed by atoms with E-state index in [2.05, 4.69) is 57.8 Å². The zero-order chi connectivity index (χ0) is 67.5. The van der Waals surface area contributed by atoms with Crippen molar-refractivity contribution >= 4 is 76.9 Å². The van der Waals surface area contributed by atoms with Crippen LogP contribution in [0.4, 0.5) is 0 Å². The van der Waals surface area contributed by atoms with Gasteiger partial charge >= 0.3 is 11.9 Å². The van der Waals surface area contributed by atoms with Crippen molar-refractivity contribution in [2.75, 3.05) is 19.7 Å². The van der Waals surface area contributed by atoms with Crippen LogP contribution < -0.4 is 65.1 Å². The van der Waals surface area contributed by atoms with Crippen molar-refractivity contribution in [3.05, 3.63) is 54.1 Å². The van der Waals surface area contributed by atoms with Gasteiger partial charge in [-0.05, 0) is 80.7 Å². The molecule has 1 saturated heterocycles. The van der Waals surface area contributed by atoms with E-state index in [9.17, 15) is 77.6 Å².